The molecular formula is C14H10F2N2O2. The molecule has 0 fully saturated rings. The highest BCUT2D eigenvalue weighted by Gasteiger charge is 2.21. The molecule has 0 aliphatic carbocycles. The van der Waals surface area contributed by atoms with Crippen LogP contribution in [-0.4, -0.2) is 20.0 Å². The second kappa shape index (κ2) is 4.48. The largest absolute Gasteiger partial charge is 0.508 e. The molecule has 0 saturated carbocycles. The number of nitrogens with zero attached hydrogens (tertiary/aromatic N) is 2. The summed E-state index contributed by atoms with van der Waals surface area (Å²) >= 11 is 0. The van der Waals surface area contributed by atoms with Crippen LogP contribution in [0.4, 0.5) is 8.78 Å². The number of aromatic nitrogens is 2. The lowest BCUT2D eigenvalue weighted by atomic mass is 10.2. The molecule has 0 aliphatic heterocycles. The SMILES string of the molecule is Oc1ccc(-n2nc3ccc(O)cc3c2C(F)F)cc1. The minimum Gasteiger partial charge on any atom is -0.508 e. The molecule has 0 aliphatic rings. The van der Waals surface area contributed by atoms with Crippen molar-refractivity contribution in [1.29, 1.82) is 0 Å². The number of phenols is 2. The van der Waals surface area contributed by atoms with Gasteiger partial charge >= 0.3 is 0 Å². The maximum Gasteiger partial charge on any atom is 0.281 e. The molecule has 20 heavy (non-hydrogen) atoms. The van der Waals surface area contributed by atoms with E-state index in [2.05, 4.69) is 5.10 Å². The third kappa shape index (κ3) is 1.95. The highest BCUT2D eigenvalue weighted by Crippen LogP contribution is 2.32. The summed E-state index contributed by atoms with van der Waals surface area (Å²) < 4.78 is 27.7. The molecule has 1 heterocycles. The molecule has 102 valence electrons. The standard InChI is InChI=1S/C14H10F2N2O2/c15-14(16)13-11-7-10(20)5-6-12(11)17-18(13)8-1-3-9(19)4-2-8/h1-7,14,19-20H. The van der Waals surface area contributed by atoms with Gasteiger partial charge < -0.3 is 10.2 Å². The lowest BCUT2D eigenvalue weighted by Crippen LogP contribution is -2.02. The Morgan fingerprint density at radius 2 is 1.60 bits per heavy atom. The molecule has 4 nitrogen and oxygen atoms in total. The summed E-state index contributed by atoms with van der Waals surface area (Å²) in [7, 11) is 0. The molecule has 6 heteroatoms. The van der Waals surface area contributed by atoms with Gasteiger partial charge in [0.2, 0.25) is 0 Å². The third-order valence-corrected chi connectivity index (χ3v) is 2.99. The van der Waals surface area contributed by atoms with E-state index < -0.39 is 6.43 Å². The summed E-state index contributed by atoms with van der Waals surface area (Å²) in [6.07, 6.45) is -2.74. The third-order valence-electron chi connectivity index (χ3n) is 2.99. The summed E-state index contributed by atoms with van der Waals surface area (Å²) in [5.74, 6) is -0.0497. The summed E-state index contributed by atoms with van der Waals surface area (Å²) in [6.45, 7) is 0. The van der Waals surface area contributed by atoms with Crippen molar-refractivity contribution < 1.29 is 19.0 Å². The van der Waals surface area contributed by atoms with Crippen LogP contribution in [0.5, 0.6) is 11.5 Å². The number of benzene rings is 2. The molecule has 1 aromatic heterocycles. The van der Waals surface area contributed by atoms with E-state index in [9.17, 15) is 19.0 Å². The second-order valence-electron chi connectivity index (χ2n) is 4.32. The Balaban J connectivity index is 2.29. The van der Waals surface area contributed by atoms with Crippen LogP contribution in [0, 0.1) is 0 Å². The first-order valence-electron chi connectivity index (χ1n) is 5.85. The number of alkyl halides is 2. The molecule has 3 aromatic rings. The van der Waals surface area contributed by atoms with Gasteiger partial charge in [-0.25, -0.2) is 13.5 Å². The van der Waals surface area contributed by atoms with E-state index in [1.807, 2.05) is 0 Å². The van der Waals surface area contributed by atoms with Crippen molar-refractivity contribution in [2.24, 2.45) is 0 Å². The van der Waals surface area contributed by atoms with Gasteiger partial charge in [0.1, 0.15) is 17.2 Å². The molecule has 0 unspecified atom stereocenters. The molecule has 0 saturated heterocycles. The zero-order valence-corrected chi connectivity index (χ0v) is 10.2. The van der Waals surface area contributed by atoms with E-state index in [1.165, 1.54) is 42.5 Å². The summed E-state index contributed by atoms with van der Waals surface area (Å²) in [4.78, 5) is 0. The Morgan fingerprint density at radius 3 is 2.25 bits per heavy atom. The number of aromatic hydroxyl groups is 2. The van der Waals surface area contributed by atoms with Crippen LogP contribution in [0.2, 0.25) is 0 Å². The molecule has 0 atom stereocenters. The molecule has 3 rings (SSSR count). The van der Waals surface area contributed by atoms with E-state index in [1.54, 1.807) is 0 Å². The number of hydrogen-bond acceptors (Lipinski definition) is 3. The van der Waals surface area contributed by atoms with E-state index >= 15 is 0 Å². The normalized spacial score (nSPS) is 11.3. The summed E-state index contributed by atoms with van der Waals surface area (Å²) in [5, 5.41) is 23.0. The number of halogens is 2. The monoisotopic (exact) mass is 276 g/mol. The van der Waals surface area contributed by atoms with Gasteiger partial charge in [0.15, 0.2) is 0 Å². The van der Waals surface area contributed by atoms with Crippen molar-refractivity contribution in [2.45, 2.75) is 6.43 Å². The van der Waals surface area contributed by atoms with Crippen LogP contribution in [0.1, 0.15) is 12.1 Å². The molecule has 2 aromatic carbocycles. The van der Waals surface area contributed by atoms with Crippen LogP contribution in [0.15, 0.2) is 42.5 Å². The van der Waals surface area contributed by atoms with Crippen LogP contribution >= 0.6 is 0 Å². The van der Waals surface area contributed by atoms with Gasteiger partial charge in [0.05, 0.1) is 11.2 Å². The van der Waals surface area contributed by atoms with E-state index in [-0.39, 0.29) is 22.6 Å². The summed E-state index contributed by atoms with van der Waals surface area (Å²) in [6, 6.07) is 9.92. The number of rotatable bonds is 2. The fourth-order valence-electron chi connectivity index (χ4n) is 2.09. The lowest BCUT2D eigenvalue weighted by molar-refractivity contribution is 0.144. The van der Waals surface area contributed by atoms with Gasteiger partial charge in [-0.05, 0) is 42.5 Å². The zero-order chi connectivity index (χ0) is 14.3. The second-order valence-corrected chi connectivity index (χ2v) is 4.32. The van der Waals surface area contributed by atoms with Gasteiger partial charge in [0.25, 0.3) is 6.43 Å². The maximum atomic E-state index is 13.3. The Labute approximate surface area is 112 Å². The van der Waals surface area contributed by atoms with Crippen molar-refractivity contribution in [2.75, 3.05) is 0 Å². The molecule has 2 N–H and O–H groups in total. The van der Waals surface area contributed by atoms with Crippen molar-refractivity contribution in [1.82, 2.24) is 9.78 Å². The number of fused-ring (bicyclic) bond motifs is 1. The van der Waals surface area contributed by atoms with E-state index in [0.717, 1.165) is 4.68 Å². The van der Waals surface area contributed by atoms with Crippen LogP contribution < -0.4 is 0 Å². The zero-order valence-electron chi connectivity index (χ0n) is 10.2. The van der Waals surface area contributed by atoms with Crippen LogP contribution in [0.3, 0.4) is 0 Å². The van der Waals surface area contributed by atoms with Gasteiger partial charge in [-0.3, -0.25) is 0 Å². The number of phenolic OH excluding ortho intramolecular Hbond substituents is 2. The maximum absolute atomic E-state index is 13.3. The Kier molecular flexibility index (Phi) is 2.78. The fraction of sp³-hybridized carbons (Fsp3) is 0.0714. The molecule has 0 amide bonds. The quantitative estimate of drug-likeness (QED) is 0.754. The molecular weight excluding hydrogens is 266 g/mol. The van der Waals surface area contributed by atoms with Gasteiger partial charge in [-0.2, -0.15) is 5.10 Å². The minimum atomic E-state index is -2.74. The predicted molar refractivity (Wildman–Crippen MR) is 69.4 cm³/mol. The van der Waals surface area contributed by atoms with Gasteiger partial charge in [0, 0.05) is 5.39 Å². The molecule has 0 radical (unpaired) electrons. The van der Waals surface area contributed by atoms with Gasteiger partial charge in [-0.1, -0.05) is 0 Å². The van der Waals surface area contributed by atoms with Crippen molar-refractivity contribution in [3.05, 3.63) is 48.2 Å². The minimum absolute atomic E-state index is 0.0432. The van der Waals surface area contributed by atoms with Crippen molar-refractivity contribution in [3.8, 4) is 17.2 Å². The van der Waals surface area contributed by atoms with Crippen LogP contribution in [0.25, 0.3) is 16.6 Å². The smallest absolute Gasteiger partial charge is 0.281 e. The fourth-order valence-corrected chi connectivity index (χ4v) is 2.09. The Bertz CT molecular complexity index is 767. The lowest BCUT2D eigenvalue weighted by Gasteiger charge is -2.07. The Morgan fingerprint density at radius 1 is 0.950 bits per heavy atom. The molecule has 0 spiro atoms. The summed E-state index contributed by atoms with van der Waals surface area (Å²) in [5.41, 5.74) is 0.488. The predicted octanol–water partition coefficient (Wildman–Crippen LogP) is 3.37. The van der Waals surface area contributed by atoms with Crippen molar-refractivity contribution >= 4 is 10.9 Å². The highest BCUT2D eigenvalue weighted by atomic mass is 19.3. The highest BCUT2D eigenvalue weighted by molar-refractivity contribution is 5.84. The first-order chi connectivity index (χ1) is 9.56. The van der Waals surface area contributed by atoms with E-state index in [0.29, 0.717) is 11.2 Å². The van der Waals surface area contributed by atoms with Crippen molar-refractivity contribution in [3.63, 3.8) is 0 Å². The van der Waals surface area contributed by atoms with Gasteiger partial charge in [-0.15, -0.1) is 0 Å². The first-order valence-corrected chi connectivity index (χ1v) is 5.85. The number of hydrogen-bond donors (Lipinski definition) is 2. The van der Waals surface area contributed by atoms with E-state index in [4.69, 9.17) is 0 Å². The van der Waals surface area contributed by atoms with Crippen LogP contribution in [-0.2, 0) is 0 Å². The topological polar surface area (TPSA) is 58.3 Å². The Hall–Kier alpha value is -2.63. The average Bonchev–Trinajstić information content (AvgIpc) is 2.78. The first kappa shape index (κ1) is 12.4. The molecule has 0 bridgehead atoms. The average molecular weight is 276 g/mol.